The van der Waals surface area contributed by atoms with E-state index in [9.17, 15) is 9.18 Å². The van der Waals surface area contributed by atoms with Crippen LogP contribution < -0.4 is 16.0 Å². The maximum absolute atomic E-state index is 14.7. The average molecular weight is 366 g/mol. The maximum Gasteiger partial charge on any atom is 0.269 e. The third-order valence-corrected chi connectivity index (χ3v) is 4.38. The second-order valence-corrected chi connectivity index (χ2v) is 6.14. The van der Waals surface area contributed by atoms with Gasteiger partial charge >= 0.3 is 0 Å². The molecule has 0 bridgehead atoms. The van der Waals surface area contributed by atoms with E-state index in [-0.39, 0.29) is 16.5 Å². The molecule has 0 fully saturated rings. The molecule has 0 saturated heterocycles. The number of aromatic nitrogens is 2. The van der Waals surface area contributed by atoms with Crippen molar-refractivity contribution in [2.24, 2.45) is 5.73 Å². The Morgan fingerprint density at radius 1 is 1.30 bits per heavy atom. The molecule has 138 valence electrons. The first kappa shape index (κ1) is 18.5. The van der Waals surface area contributed by atoms with Crippen LogP contribution in [0, 0.1) is 17.1 Å². The number of benzene rings is 2. The molecule has 1 unspecified atom stereocenters. The number of nitriles is 1. The largest absolute Gasteiger partial charge is 0.497 e. The van der Waals surface area contributed by atoms with Crippen molar-refractivity contribution in [3.63, 3.8) is 0 Å². The van der Waals surface area contributed by atoms with Crippen LogP contribution in [-0.2, 0) is 0 Å². The van der Waals surface area contributed by atoms with Crippen molar-refractivity contribution in [3.8, 4) is 17.5 Å². The molecule has 3 rings (SSSR count). The van der Waals surface area contributed by atoms with E-state index in [1.165, 1.54) is 16.7 Å². The highest BCUT2D eigenvalue weighted by molar-refractivity contribution is 5.80. The van der Waals surface area contributed by atoms with Crippen molar-refractivity contribution >= 4 is 10.9 Å². The highest BCUT2D eigenvalue weighted by Crippen LogP contribution is 2.23. The van der Waals surface area contributed by atoms with Crippen LogP contribution >= 0.6 is 0 Å². The van der Waals surface area contributed by atoms with Crippen LogP contribution in [-0.4, -0.2) is 16.7 Å². The monoisotopic (exact) mass is 366 g/mol. The molecule has 0 amide bonds. The molecular weight excluding hydrogens is 347 g/mol. The fourth-order valence-corrected chi connectivity index (χ4v) is 3.01. The SMILES string of the molecule is CCCC(N)c1nc2ccc(C#N)c(F)c2c(=O)n1-c1ccc(OC)cc1. The minimum Gasteiger partial charge on any atom is -0.497 e. The molecule has 0 aliphatic rings. The lowest BCUT2D eigenvalue weighted by atomic mass is 10.1. The van der Waals surface area contributed by atoms with Crippen molar-refractivity contribution in [1.82, 2.24) is 9.55 Å². The van der Waals surface area contributed by atoms with E-state index in [0.717, 1.165) is 6.42 Å². The molecule has 1 heterocycles. The van der Waals surface area contributed by atoms with Crippen LogP contribution in [0.4, 0.5) is 4.39 Å². The van der Waals surface area contributed by atoms with Gasteiger partial charge in [-0.05, 0) is 42.8 Å². The summed E-state index contributed by atoms with van der Waals surface area (Å²) < 4.78 is 21.2. The summed E-state index contributed by atoms with van der Waals surface area (Å²) in [6, 6.07) is 10.8. The molecule has 0 aliphatic heterocycles. The zero-order valence-corrected chi connectivity index (χ0v) is 15.1. The molecule has 2 N–H and O–H groups in total. The topological polar surface area (TPSA) is 93.9 Å². The maximum atomic E-state index is 14.7. The number of methoxy groups -OCH3 is 1. The Morgan fingerprint density at radius 2 is 2.00 bits per heavy atom. The predicted molar refractivity (Wildman–Crippen MR) is 100 cm³/mol. The number of ether oxygens (including phenoxy) is 1. The van der Waals surface area contributed by atoms with Gasteiger partial charge in [-0.25, -0.2) is 9.37 Å². The van der Waals surface area contributed by atoms with Gasteiger partial charge < -0.3 is 10.5 Å². The van der Waals surface area contributed by atoms with Crippen LogP contribution in [0.25, 0.3) is 16.6 Å². The fourth-order valence-electron chi connectivity index (χ4n) is 3.01. The quantitative estimate of drug-likeness (QED) is 0.748. The second-order valence-electron chi connectivity index (χ2n) is 6.14. The summed E-state index contributed by atoms with van der Waals surface area (Å²) in [7, 11) is 1.54. The van der Waals surface area contributed by atoms with Crippen molar-refractivity contribution in [2.75, 3.05) is 7.11 Å². The predicted octanol–water partition coefficient (Wildman–Crippen LogP) is 3.20. The third kappa shape index (κ3) is 3.27. The third-order valence-electron chi connectivity index (χ3n) is 4.38. The van der Waals surface area contributed by atoms with Crippen molar-refractivity contribution in [2.45, 2.75) is 25.8 Å². The van der Waals surface area contributed by atoms with Gasteiger partial charge in [0.2, 0.25) is 0 Å². The Bertz CT molecular complexity index is 1080. The number of fused-ring (bicyclic) bond motifs is 1. The fraction of sp³-hybridized carbons (Fsp3) is 0.250. The second kappa shape index (κ2) is 7.56. The zero-order chi connectivity index (χ0) is 19.6. The number of hydrogen-bond acceptors (Lipinski definition) is 5. The summed E-state index contributed by atoms with van der Waals surface area (Å²) in [5.74, 6) is 0.104. The molecule has 3 aromatic rings. The van der Waals surface area contributed by atoms with Crippen molar-refractivity contribution in [1.29, 1.82) is 5.26 Å². The molecule has 1 atom stereocenters. The smallest absolute Gasteiger partial charge is 0.269 e. The lowest BCUT2D eigenvalue weighted by molar-refractivity contribution is 0.414. The number of rotatable bonds is 5. The number of halogens is 1. The van der Waals surface area contributed by atoms with Gasteiger partial charge in [-0.15, -0.1) is 0 Å². The van der Waals surface area contributed by atoms with E-state index in [1.807, 2.05) is 6.92 Å². The van der Waals surface area contributed by atoms with E-state index >= 15 is 0 Å². The summed E-state index contributed by atoms with van der Waals surface area (Å²) in [4.78, 5) is 17.7. The van der Waals surface area contributed by atoms with Crippen LogP contribution in [0.15, 0.2) is 41.2 Å². The Labute approximate surface area is 155 Å². The van der Waals surface area contributed by atoms with E-state index in [0.29, 0.717) is 23.7 Å². The summed E-state index contributed by atoms with van der Waals surface area (Å²) in [5, 5.41) is 8.85. The molecule has 0 saturated carbocycles. The van der Waals surface area contributed by atoms with Gasteiger partial charge in [-0.1, -0.05) is 13.3 Å². The van der Waals surface area contributed by atoms with Crippen molar-refractivity contribution < 1.29 is 9.13 Å². The Morgan fingerprint density at radius 3 is 2.59 bits per heavy atom. The van der Waals surface area contributed by atoms with Crippen LogP contribution in [0.2, 0.25) is 0 Å². The summed E-state index contributed by atoms with van der Waals surface area (Å²) in [6.07, 6.45) is 1.42. The Balaban J connectivity index is 2.37. The molecule has 0 spiro atoms. The van der Waals surface area contributed by atoms with Gasteiger partial charge in [0.1, 0.15) is 23.0 Å². The highest BCUT2D eigenvalue weighted by atomic mass is 19.1. The molecular formula is C20H19FN4O2. The first-order chi connectivity index (χ1) is 13.0. The summed E-state index contributed by atoms with van der Waals surface area (Å²) in [5.41, 5.74) is 6.15. The molecule has 6 nitrogen and oxygen atoms in total. The number of hydrogen-bond donors (Lipinski definition) is 1. The van der Waals surface area contributed by atoms with Gasteiger partial charge in [0.15, 0.2) is 5.82 Å². The van der Waals surface area contributed by atoms with E-state index in [2.05, 4.69) is 4.98 Å². The molecule has 0 aliphatic carbocycles. The lowest BCUT2D eigenvalue weighted by Crippen LogP contribution is -2.29. The first-order valence-corrected chi connectivity index (χ1v) is 8.57. The highest BCUT2D eigenvalue weighted by Gasteiger charge is 2.21. The standard InChI is InChI=1S/C20H19FN4O2/c1-3-4-15(23)19-24-16-10-5-12(11-22)18(21)17(16)20(26)25(19)13-6-8-14(27-2)9-7-13/h5-10,15H,3-4,23H2,1-2H3. The Kier molecular flexibility index (Phi) is 5.19. The van der Waals surface area contributed by atoms with Gasteiger partial charge in [0.25, 0.3) is 5.56 Å². The lowest BCUT2D eigenvalue weighted by Gasteiger charge is -2.18. The van der Waals surface area contributed by atoms with Crippen LogP contribution in [0.3, 0.4) is 0 Å². The van der Waals surface area contributed by atoms with Gasteiger partial charge in [0, 0.05) is 0 Å². The van der Waals surface area contributed by atoms with Crippen LogP contribution in [0.5, 0.6) is 5.75 Å². The molecule has 1 aromatic heterocycles. The van der Waals surface area contributed by atoms with E-state index < -0.39 is 17.4 Å². The molecule has 0 radical (unpaired) electrons. The Hall–Kier alpha value is -3.24. The normalized spacial score (nSPS) is 12.0. The average Bonchev–Trinajstić information content (AvgIpc) is 2.68. The van der Waals surface area contributed by atoms with E-state index in [4.69, 9.17) is 15.7 Å². The van der Waals surface area contributed by atoms with Gasteiger partial charge in [-0.3, -0.25) is 9.36 Å². The molecule has 27 heavy (non-hydrogen) atoms. The minimum absolute atomic E-state index is 0.183. The molecule has 7 heteroatoms. The zero-order valence-electron chi connectivity index (χ0n) is 15.1. The van der Waals surface area contributed by atoms with Gasteiger partial charge in [-0.2, -0.15) is 5.26 Å². The van der Waals surface area contributed by atoms with Crippen molar-refractivity contribution in [3.05, 3.63) is 64.0 Å². The summed E-state index contributed by atoms with van der Waals surface area (Å²) in [6.45, 7) is 1.98. The van der Waals surface area contributed by atoms with Gasteiger partial charge in [0.05, 0.1) is 29.9 Å². The number of nitrogens with two attached hydrogens (primary N) is 1. The summed E-state index contributed by atoms with van der Waals surface area (Å²) >= 11 is 0. The molecule has 2 aromatic carbocycles. The first-order valence-electron chi connectivity index (χ1n) is 8.57. The van der Waals surface area contributed by atoms with Crippen LogP contribution in [0.1, 0.15) is 37.2 Å². The minimum atomic E-state index is -0.870. The number of nitrogens with zero attached hydrogens (tertiary/aromatic N) is 3. The van der Waals surface area contributed by atoms with E-state index in [1.54, 1.807) is 37.4 Å².